The Kier molecular flexibility index (Phi) is 14.6. The zero-order chi connectivity index (χ0) is 16.5. The van der Waals surface area contributed by atoms with Crippen molar-refractivity contribution in [3.8, 4) is 0 Å². The third-order valence-corrected chi connectivity index (χ3v) is 3.82. The fourth-order valence-electron chi connectivity index (χ4n) is 2.38. The average Bonchev–Trinajstić information content (AvgIpc) is 2.45. The molecule has 0 heteroatoms. The topological polar surface area (TPSA) is 0 Å². The van der Waals surface area contributed by atoms with Crippen molar-refractivity contribution in [1.82, 2.24) is 0 Å². The molecule has 0 rings (SSSR count). The molecule has 0 aromatic rings. The molecule has 0 saturated carbocycles. The van der Waals surface area contributed by atoms with Gasteiger partial charge < -0.3 is 0 Å². The van der Waals surface area contributed by atoms with Gasteiger partial charge in [0.15, 0.2) is 0 Å². The van der Waals surface area contributed by atoms with Crippen molar-refractivity contribution in [2.75, 3.05) is 0 Å². The molecule has 0 heterocycles. The Morgan fingerprint density at radius 3 is 1.59 bits per heavy atom. The van der Waals surface area contributed by atoms with Crippen LogP contribution in [0, 0.1) is 5.41 Å². The first-order chi connectivity index (χ1) is 10.6. The summed E-state index contributed by atoms with van der Waals surface area (Å²) in [6.07, 6.45) is 28.0. The molecule has 0 aliphatic heterocycles. The Bertz CT molecular complexity index is 298. The van der Waals surface area contributed by atoms with Crippen LogP contribution >= 0.6 is 0 Å². The summed E-state index contributed by atoms with van der Waals surface area (Å²) in [5.41, 5.74) is 0.505. The van der Waals surface area contributed by atoms with Gasteiger partial charge in [0.2, 0.25) is 0 Å². The molecule has 0 aliphatic rings. The van der Waals surface area contributed by atoms with Crippen molar-refractivity contribution in [1.29, 1.82) is 0 Å². The van der Waals surface area contributed by atoms with Gasteiger partial charge in [-0.2, -0.15) is 0 Å². The number of rotatable bonds is 13. The lowest BCUT2D eigenvalue weighted by molar-refractivity contribution is 0.358. The van der Waals surface area contributed by atoms with Crippen LogP contribution in [0.1, 0.15) is 98.3 Å². The Morgan fingerprint density at radius 2 is 1.09 bits per heavy atom. The van der Waals surface area contributed by atoms with Crippen molar-refractivity contribution < 1.29 is 0 Å². The molecule has 0 fully saturated rings. The summed E-state index contributed by atoms with van der Waals surface area (Å²) in [6.45, 7) is 9.25. The molecule has 0 N–H and O–H groups in total. The Hall–Kier alpha value is -0.780. The third-order valence-electron chi connectivity index (χ3n) is 3.82. The maximum Gasteiger partial charge on any atom is -0.0169 e. The average molecular weight is 305 g/mol. The van der Waals surface area contributed by atoms with Crippen molar-refractivity contribution >= 4 is 0 Å². The van der Waals surface area contributed by atoms with E-state index in [2.05, 4.69) is 64.2 Å². The highest BCUT2D eigenvalue weighted by atomic mass is 14.1. The van der Waals surface area contributed by atoms with Crippen LogP contribution in [0.5, 0.6) is 0 Å². The zero-order valence-corrected chi connectivity index (χ0v) is 15.7. The molecule has 0 bridgehead atoms. The Morgan fingerprint density at radius 1 is 0.591 bits per heavy atom. The van der Waals surface area contributed by atoms with Gasteiger partial charge in [-0.25, -0.2) is 0 Å². The highest BCUT2D eigenvalue weighted by Crippen LogP contribution is 2.22. The quantitative estimate of drug-likeness (QED) is 0.239. The molecule has 0 nitrogen and oxygen atoms in total. The lowest BCUT2D eigenvalue weighted by atomic mass is 9.89. The molecule has 0 unspecified atom stereocenters. The molecule has 0 aromatic carbocycles. The Balaban J connectivity index is 3.34. The summed E-state index contributed by atoms with van der Waals surface area (Å²) in [7, 11) is 0. The van der Waals surface area contributed by atoms with Gasteiger partial charge in [-0.3, -0.25) is 0 Å². The van der Waals surface area contributed by atoms with Gasteiger partial charge in [-0.15, -0.1) is 0 Å². The fraction of sp³-hybridized carbons (Fsp3) is 0.727. The van der Waals surface area contributed by atoms with E-state index in [9.17, 15) is 0 Å². The number of unbranched alkanes of at least 4 members (excludes halogenated alkanes) is 6. The highest BCUT2D eigenvalue weighted by molar-refractivity contribution is 4.97. The van der Waals surface area contributed by atoms with E-state index in [4.69, 9.17) is 0 Å². The van der Waals surface area contributed by atoms with E-state index in [1.807, 2.05) is 0 Å². The van der Waals surface area contributed by atoms with Crippen molar-refractivity contribution in [3.63, 3.8) is 0 Å². The predicted molar refractivity (Wildman–Crippen MR) is 103 cm³/mol. The molecule has 0 radical (unpaired) electrons. The molecule has 22 heavy (non-hydrogen) atoms. The summed E-state index contributed by atoms with van der Waals surface area (Å²) < 4.78 is 0. The van der Waals surface area contributed by atoms with Gasteiger partial charge >= 0.3 is 0 Å². The molecule has 0 amide bonds. The molecule has 0 spiro atoms. The fourth-order valence-corrected chi connectivity index (χ4v) is 2.38. The van der Waals surface area contributed by atoms with Crippen LogP contribution in [0.4, 0.5) is 0 Å². The van der Waals surface area contributed by atoms with Gasteiger partial charge in [-0.1, -0.05) is 89.8 Å². The van der Waals surface area contributed by atoms with Gasteiger partial charge in [0.05, 0.1) is 0 Å². The van der Waals surface area contributed by atoms with Crippen LogP contribution in [0.15, 0.2) is 36.5 Å². The summed E-state index contributed by atoms with van der Waals surface area (Å²) in [5.74, 6) is 0. The van der Waals surface area contributed by atoms with Crippen LogP contribution in [0.2, 0.25) is 0 Å². The second-order valence-corrected chi connectivity index (χ2v) is 7.54. The van der Waals surface area contributed by atoms with E-state index in [1.165, 1.54) is 57.8 Å². The van der Waals surface area contributed by atoms with Crippen LogP contribution in [-0.2, 0) is 0 Å². The molecular formula is C22H40. The molecule has 0 atom stereocenters. The van der Waals surface area contributed by atoms with E-state index in [0.29, 0.717) is 5.41 Å². The first kappa shape index (κ1) is 21.2. The van der Waals surface area contributed by atoms with E-state index < -0.39 is 0 Å². The van der Waals surface area contributed by atoms with Gasteiger partial charge in [0.1, 0.15) is 0 Å². The zero-order valence-electron chi connectivity index (χ0n) is 15.7. The molecule has 0 aliphatic carbocycles. The number of allylic oxidation sites excluding steroid dienone is 6. The SMILES string of the molecule is CCCCC/C=C/C/C=C\C/C=C/CCCCCC(C)(C)C. The number of hydrogen-bond acceptors (Lipinski definition) is 0. The maximum atomic E-state index is 2.35. The minimum atomic E-state index is 0.505. The third kappa shape index (κ3) is 19.2. The standard InChI is InChI=1S/C22H40/c1-5-6-7-8-9-10-11-12-13-14-15-16-17-18-19-20-21-22(2,3)4/h9-10,12-13,15-16H,5-8,11,14,17-21H2,1-4H3/b10-9+,13-12-,16-15+. The Labute approximate surface area is 140 Å². The second-order valence-electron chi connectivity index (χ2n) is 7.54. The van der Waals surface area contributed by atoms with Gasteiger partial charge in [0.25, 0.3) is 0 Å². The predicted octanol–water partition coefficient (Wildman–Crippen LogP) is 8.01. The lowest BCUT2D eigenvalue weighted by Gasteiger charge is -2.17. The molecule has 0 saturated heterocycles. The van der Waals surface area contributed by atoms with Gasteiger partial charge in [-0.05, 0) is 50.4 Å². The van der Waals surface area contributed by atoms with E-state index in [0.717, 1.165) is 12.8 Å². The van der Waals surface area contributed by atoms with Crippen molar-refractivity contribution in [2.24, 2.45) is 5.41 Å². The molecule has 128 valence electrons. The van der Waals surface area contributed by atoms with E-state index in [1.54, 1.807) is 0 Å². The smallest absolute Gasteiger partial charge is 0.0169 e. The minimum absolute atomic E-state index is 0.505. The second kappa shape index (κ2) is 15.1. The first-order valence-electron chi connectivity index (χ1n) is 9.51. The lowest BCUT2D eigenvalue weighted by Crippen LogP contribution is -2.03. The van der Waals surface area contributed by atoms with Crippen LogP contribution in [-0.4, -0.2) is 0 Å². The van der Waals surface area contributed by atoms with Crippen LogP contribution in [0.25, 0.3) is 0 Å². The van der Waals surface area contributed by atoms with Crippen LogP contribution in [0.3, 0.4) is 0 Å². The summed E-state index contributed by atoms with van der Waals surface area (Å²) in [5, 5.41) is 0. The largest absolute Gasteiger partial charge is 0.0882 e. The van der Waals surface area contributed by atoms with Crippen LogP contribution < -0.4 is 0 Å². The monoisotopic (exact) mass is 304 g/mol. The summed E-state index contributed by atoms with van der Waals surface area (Å²) in [4.78, 5) is 0. The summed E-state index contributed by atoms with van der Waals surface area (Å²) >= 11 is 0. The van der Waals surface area contributed by atoms with E-state index in [-0.39, 0.29) is 0 Å². The highest BCUT2D eigenvalue weighted by Gasteiger charge is 2.08. The minimum Gasteiger partial charge on any atom is -0.0882 e. The van der Waals surface area contributed by atoms with Crippen molar-refractivity contribution in [2.45, 2.75) is 98.3 Å². The van der Waals surface area contributed by atoms with Crippen molar-refractivity contribution in [3.05, 3.63) is 36.5 Å². The summed E-state index contributed by atoms with van der Waals surface area (Å²) in [6, 6.07) is 0. The molecular weight excluding hydrogens is 264 g/mol. The first-order valence-corrected chi connectivity index (χ1v) is 9.51. The number of hydrogen-bond donors (Lipinski definition) is 0. The normalized spacial score (nSPS) is 13.1. The van der Waals surface area contributed by atoms with E-state index >= 15 is 0 Å². The van der Waals surface area contributed by atoms with Gasteiger partial charge in [0, 0.05) is 0 Å². The molecule has 0 aromatic heterocycles. The maximum absolute atomic E-state index is 2.35.